The molecule has 0 unspecified atom stereocenters. The number of benzene rings is 1. The van der Waals surface area contributed by atoms with Crippen molar-refractivity contribution in [2.24, 2.45) is 0 Å². The molecule has 0 aliphatic carbocycles. The van der Waals surface area contributed by atoms with Crippen LogP contribution in [0.15, 0.2) is 29.2 Å². The molecule has 0 saturated carbocycles. The van der Waals surface area contributed by atoms with Gasteiger partial charge in [-0.3, -0.25) is 9.69 Å². The molecule has 1 atom stereocenters. The van der Waals surface area contributed by atoms with Crippen molar-refractivity contribution in [2.45, 2.75) is 23.8 Å². The Morgan fingerprint density at radius 2 is 2.32 bits per heavy atom. The number of amides is 1. The monoisotopic (exact) mass is 280 g/mol. The SMILES string of the molecule is CSc1ccccc1NC(=O)CN1CCC[C@@H]1CO. The van der Waals surface area contributed by atoms with Gasteiger partial charge in [-0.1, -0.05) is 12.1 Å². The molecule has 1 heterocycles. The van der Waals surface area contributed by atoms with Crippen molar-refractivity contribution in [3.8, 4) is 0 Å². The van der Waals surface area contributed by atoms with Gasteiger partial charge in [-0.25, -0.2) is 0 Å². The molecule has 19 heavy (non-hydrogen) atoms. The molecule has 1 aromatic rings. The number of hydrogen-bond acceptors (Lipinski definition) is 4. The lowest BCUT2D eigenvalue weighted by atomic mass is 10.2. The standard InChI is InChI=1S/C14H20N2O2S/c1-19-13-7-3-2-6-12(13)15-14(18)9-16-8-4-5-11(16)10-17/h2-3,6-7,11,17H,4-5,8-10H2,1H3,(H,15,18)/t11-/m1/s1. The van der Waals surface area contributed by atoms with Crippen molar-refractivity contribution in [2.75, 3.05) is 31.3 Å². The molecule has 4 nitrogen and oxygen atoms in total. The molecular weight excluding hydrogens is 260 g/mol. The van der Waals surface area contributed by atoms with Crippen LogP contribution in [0.4, 0.5) is 5.69 Å². The third-order valence-corrected chi connectivity index (χ3v) is 4.23. The summed E-state index contributed by atoms with van der Waals surface area (Å²) in [6.45, 7) is 1.38. The summed E-state index contributed by atoms with van der Waals surface area (Å²) in [5, 5.41) is 12.2. The number of rotatable bonds is 5. The zero-order chi connectivity index (χ0) is 13.7. The lowest BCUT2D eigenvalue weighted by molar-refractivity contribution is -0.117. The fourth-order valence-corrected chi connectivity index (χ4v) is 2.99. The number of para-hydroxylation sites is 1. The first-order chi connectivity index (χ1) is 9.24. The van der Waals surface area contributed by atoms with Gasteiger partial charge in [0.1, 0.15) is 0 Å². The topological polar surface area (TPSA) is 52.6 Å². The summed E-state index contributed by atoms with van der Waals surface area (Å²) in [4.78, 5) is 15.2. The van der Waals surface area contributed by atoms with E-state index in [-0.39, 0.29) is 18.6 Å². The second-order valence-electron chi connectivity index (χ2n) is 4.70. The van der Waals surface area contributed by atoms with Gasteiger partial charge in [-0.2, -0.15) is 0 Å². The van der Waals surface area contributed by atoms with E-state index in [0.29, 0.717) is 6.54 Å². The van der Waals surface area contributed by atoms with Crippen molar-refractivity contribution in [1.29, 1.82) is 0 Å². The highest BCUT2D eigenvalue weighted by atomic mass is 32.2. The maximum Gasteiger partial charge on any atom is 0.238 e. The predicted molar refractivity (Wildman–Crippen MR) is 78.5 cm³/mol. The van der Waals surface area contributed by atoms with Crippen LogP contribution < -0.4 is 5.32 Å². The minimum absolute atomic E-state index is 0.0122. The third-order valence-electron chi connectivity index (χ3n) is 3.44. The molecule has 0 aromatic heterocycles. The maximum atomic E-state index is 12.1. The average Bonchev–Trinajstić information content (AvgIpc) is 2.86. The number of carbonyl (C=O) groups is 1. The minimum atomic E-state index is -0.0122. The summed E-state index contributed by atoms with van der Waals surface area (Å²) >= 11 is 1.62. The van der Waals surface area contributed by atoms with Crippen LogP contribution in [0.25, 0.3) is 0 Å². The molecule has 0 spiro atoms. The number of nitrogens with one attached hydrogen (secondary N) is 1. The first-order valence-electron chi connectivity index (χ1n) is 6.52. The number of hydrogen-bond donors (Lipinski definition) is 2. The van der Waals surface area contributed by atoms with E-state index in [4.69, 9.17) is 0 Å². The second-order valence-corrected chi connectivity index (χ2v) is 5.55. The number of aliphatic hydroxyl groups is 1. The molecule has 1 saturated heterocycles. The number of carbonyl (C=O) groups excluding carboxylic acids is 1. The lowest BCUT2D eigenvalue weighted by Crippen LogP contribution is -2.38. The van der Waals surface area contributed by atoms with E-state index in [1.165, 1.54) is 0 Å². The van der Waals surface area contributed by atoms with Gasteiger partial charge < -0.3 is 10.4 Å². The van der Waals surface area contributed by atoms with Crippen LogP contribution in [0.2, 0.25) is 0 Å². The fourth-order valence-electron chi connectivity index (χ4n) is 2.43. The minimum Gasteiger partial charge on any atom is -0.395 e. The smallest absolute Gasteiger partial charge is 0.238 e. The van der Waals surface area contributed by atoms with Crippen LogP contribution in [-0.2, 0) is 4.79 Å². The van der Waals surface area contributed by atoms with Gasteiger partial charge in [0.25, 0.3) is 0 Å². The summed E-state index contributed by atoms with van der Waals surface area (Å²) in [6, 6.07) is 7.93. The molecule has 104 valence electrons. The van der Waals surface area contributed by atoms with Gasteiger partial charge >= 0.3 is 0 Å². The summed E-state index contributed by atoms with van der Waals surface area (Å²) in [5.74, 6) is -0.0122. The van der Waals surface area contributed by atoms with E-state index < -0.39 is 0 Å². The highest BCUT2D eigenvalue weighted by molar-refractivity contribution is 7.98. The first kappa shape index (κ1) is 14.4. The van der Waals surface area contributed by atoms with Gasteiger partial charge in [-0.05, 0) is 37.8 Å². The van der Waals surface area contributed by atoms with Crippen LogP contribution in [0, 0.1) is 0 Å². The van der Waals surface area contributed by atoms with E-state index >= 15 is 0 Å². The summed E-state index contributed by atoms with van der Waals surface area (Å²) < 4.78 is 0. The van der Waals surface area contributed by atoms with Gasteiger partial charge in [-0.15, -0.1) is 11.8 Å². The van der Waals surface area contributed by atoms with Crippen molar-refractivity contribution < 1.29 is 9.90 Å². The number of anilines is 1. The normalized spacial score (nSPS) is 19.6. The second kappa shape index (κ2) is 6.93. The number of thioether (sulfide) groups is 1. The summed E-state index contributed by atoms with van der Waals surface area (Å²) in [6.07, 6.45) is 4.03. The predicted octanol–water partition coefficient (Wildman–Crippen LogP) is 1.80. The van der Waals surface area contributed by atoms with Gasteiger partial charge in [0, 0.05) is 10.9 Å². The Morgan fingerprint density at radius 1 is 1.53 bits per heavy atom. The molecular formula is C14H20N2O2S. The Balaban J connectivity index is 1.94. The third kappa shape index (κ3) is 3.72. The molecule has 1 aliphatic heterocycles. The Labute approximate surface area is 118 Å². The molecule has 0 radical (unpaired) electrons. The highest BCUT2D eigenvalue weighted by Crippen LogP contribution is 2.24. The fraction of sp³-hybridized carbons (Fsp3) is 0.500. The van der Waals surface area contributed by atoms with Crippen LogP contribution in [0.3, 0.4) is 0 Å². The lowest BCUT2D eigenvalue weighted by Gasteiger charge is -2.22. The Morgan fingerprint density at radius 3 is 3.05 bits per heavy atom. The number of likely N-dealkylation sites (tertiary alicyclic amines) is 1. The van der Waals surface area contributed by atoms with Gasteiger partial charge in [0.2, 0.25) is 5.91 Å². The molecule has 2 N–H and O–H groups in total. The average molecular weight is 280 g/mol. The molecule has 1 fully saturated rings. The van der Waals surface area contributed by atoms with Gasteiger partial charge in [0.15, 0.2) is 0 Å². The largest absolute Gasteiger partial charge is 0.395 e. The van der Waals surface area contributed by atoms with E-state index in [1.54, 1.807) is 11.8 Å². The summed E-state index contributed by atoms with van der Waals surface area (Å²) in [5.41, 5.74) is 0.861. The van der Waals surface area contributed by atoms with Crippen molar-refractivity contribution >= 4 is 23.4 Å². The quantitative estimate of drug-likeness (QED) is 0.808. The van der Waals surface area contributed by atoms with E-state index in [2.05, 4.69) is 10.2 Å². The molecule has 5 heteroatoms. The Bertz CT molecular complexity index is 439. The van der Waals surface area contributed by atoms with Crippen molar-refractivity contribution in [3.63, 3.8) is 0 Å². The van der Waals surface area contributed by atoms with Crippen LogP contribution in [-0.4, -0.2) is 47.9 Å². The number of nitrogens with zero attached hydrogens (tertiary/aromatic N) is 1. The van der Waals surface area contributed by atoms with E-state index in [0.717, 1.165) is 30.0 Å². The van der Waals surface area contributed by atoms with E-state index in [9.17, 15) is 9.90 Å². The summed E-state index contributed by atoms with van der Waals surface area (Å²) in [7, 11) is 0. The molecule has 1 amide bonds. The first-order valence-corrected chi connectivity index (χ1v) is 7.75. The molecule has 2 rings (SSSR count). The molecule has 1 aromatic carbocycles. The molecule has 0 bridgehead atoms. The molecule has 1 aliphatic rings. The van der Waals surface area contributed by atoms with Gasteiger partial charge in [0.05, 0.1) is 18.8 Å². The zero-order valence-corrected chi connectivity index (χ0v) is 11.9. The Kier molecular flexibility index (Phi) is 5.24. The highest BCUT2D eigenvalue weighted by Gasteiger charge is 2.25. The van der Waals surface area contributed by atoms with Crippen molar-refractivity contribution in [3.05, 3.63) is 24.3 Å². The van der Waals surface area contributed by atoms with E-state index in [1.807, 2.05) is 30.5 Å². The van der Waals surface area contributed by atoms with Crippen molar-refractivity contribution in [1.82, 2.24) is 4.90 Å². The van der Waals surface area contributed by atoms with Crippen LogP contribution in [0.5, 0.6) is 0 Å². The maximum absolute atomic E-state index is 12.1. The zero-order valence-electron chi connectivity index (χ0n) is 11.1. The number of aliphatic hydroxyl groups excluding tert-OH is 1. The van der Waals surface area contributed by atoms with Crippen LogP contribution >= 0.6 is 11.8 Å². The van der Waals surface area contributed by atoms with Crippen LogP contribution in [0.1, 0.15) is 12.8 Å². The Hall–Kier alpha value is -1.04.